The number of nitrogens with one attached hydrogen (secondary N) is 2. The number of rotatable bonds is 12. The molecule has 12 heteroatoms. The van der Waals surface area contributed by atoms with Gasteiger partial charge in [-0.3, -0.25) is 4.79 Å². The van der Waals surface area contributed by atoms with Crippen LogP contribution in [0.2, 0.25) is 0 Å². The van der Waals surface area contributed by atoms with E-state index in [4.69, 9.17) is 14.5 Å². The number of piperidine rings is 1. The average Bonchev–Trinajstić information content (AvgIpc) is 3.66. The standard InChI is InChI=1S/C40H49N7O5/c1-27-43-44-38(49)47(27)33-19-17-30(18-20-33)29-15-13-28(14-16-29)24-32(41-39(50)52-40(2,3)4)25-36(48)45-21-8-10-31(26-45)37-42-34-11-6-7-12-35(34)46(37)22-9-23-51-5/h6-7,11-20,31-32H,8-10,21-26H2,1-5H3,(H,41,50)(H,44,49)/t31-,32-/m1/s1. The first kappa shape index (κ1) is 36.6. The molecule has 0 bridgehead atoms. The number of imidazole rings is 1. The first-order valence-corrected chi connectivity index (χ1v) is 18.0. The summed E-state index contributed by atoms with van der Waals surface area (Å²) >= 11 is 0. The number of aryl methyl sites for hydroxylation is 2. The summed E-state index contributed by atoms with van der Waals surface area (Å²) in [6.07, 6.45) is 2.76. The molecule has 274 valence electrons. The number of amides is 2. The van der Waals surface area contributed by atoms with Crippen molar-refractivity contribution in [3.63, 3.8) is 0 Å². The molecule has 1 aliphatic rings. The van der Waals surface area contributed by atoms with Gasteiger partial charge in [0.1, 0.15) is 17.2 Å². The quantitative estimate of drug-likeness (QED) is 0.148. The molecule has 2 amide bonds. The van der Waals surface area contributed by atoms with E-state index < -0.39 is 17.7 Å². The summed E-state index contributed by atoms with van der Waals surface area (Å²) in [6, 6.07) is 23.5. The first-order valence-electron chi connectivity index (χ1n) is 18.0. The smallest absolute Gasteiger partial charge is 0.407 e. The van der Waals surface area contributed by atoms with E-state index in [9.17, 15) is 14.4 Å². The van der Waals surface area contributed by atoms with Gasteiger partial charge >= 0.3 is 11.8 Å². The second-order valence-corrected chi connectivity index (χ2v) is 14.5. The summed E-state index contributed by atoms with van der Waals surface area (Å²) in [5.74, 6) is 1.70. The van der Waals surface area contributed by atoms with Crippen molar-refractivity contribution in [2.45, 2.75) is 83.9 Å². The number of likely N-dealkylation sites (tertiary alicyclic amines) is 1. The van der Waals surface area contributed by atoms with Gasteiger partial charge in [0.05, 0.1) is 16.7 Å². The van der Waals surface area contributed by atoms with Crippen molar-refractivity contribution in [2.75, 3.05) is 26.8 Å². The number of nitrogens with zero attached hydrogens (tertiary/aromatic N) is 5. The number of ether oxygens (including phenoxy) is 2. The highest BCUT2D eigenvalue weighted by molar-refractivity contribution is 5.79. The van der Waals surface area contributed by atoms with Gasteiger partial charge in [-0.2, -0.15) is 5.10 Å². The summed E-state index contributed by atoms with van der Waals surface area (Å²) in [5.41, 5.74) is 4.83. The first-order chi connectivity index (χ1) is 25.0. The van der Waals surface area contributed by atoms with E-state index in [1.165, 1.54) is 4.57 Å². The van der Waals surface area contributed by atoms with E-state index in [0.29, 0.717) is 31.9 Å². The topological polar surface area (TPSA) is 136 Å². The SMILES string of the molecule is COCCCn1c([C@@H]2CCCN(C(=O)C[C@@H](Cc3ccc(-c4ccc(-n5c(C)n[nH]c5=O)cc4)cc3)NC(=O)OC(C)(C)C)C2)nc2ccccc21. The largest absolute Gasteiger partial charge is 0.444 e. The molecule has 1 saturated heterocycles. The molecule has 2 N–H and O–H groups in total. The van der Waals surface area contributed by atoms with E-state index in [-0.39, 0.29) is 23.9 Å². The van der Waals surface area contributed by atoms with Gasteiger partial charge in [0.15, 0.2) is 0 Å². The molecular weight excluding hydrogens is 658 g/mol. The van der Waals surface area contributed by atoms with Crippen molar-refractivity contribution in [1.29, 1.82) is 0 Å². The van der Waals surface area contributed by atoms with Crippen molar-refractivity contribution in [3.05, 3.63) is 100 Å². The second-order valence-electron chi connectivity index (χ2n) is 14.5. The molecule has 0 unspecified atom stereocenters. The minimum atomic E-state index is -0.672. The molecule has 2 aromatic heterocycles. The normalized spacial score (nSPS) is 15.5. The van der Waals surface area contributed by atoms with Crippen LogP contribution in [0.3, 0.4) is 0 Å². The fourth-order valence-electron chi connectivity index (χ4n) is 7.01. The Kier molecular flexibility index (Phi) is 11.2. The van der Waals surface area contributed by atoms with E-state index in [2.05, 4.69) is 26.1 Å². The maximum atomic E-state index is 14.0. The number of H-pyrrole nitrogens is 1. The number of alkyl carbamates (subject to hydrolysis) is 1. The van der Waals surface area contributed by atoms with E-state index in [0.717, 1.165) is 65.0 Å². The van der Waals surface area contributed by atoms with Crippen LogP contribution in [-0.4, -0.2) is 79.7 Å². The Hall–Kier alpha value is -5.23. The van der Waals surface area contributed by atoms with Gasteiger partial charge in [-0.1, -0.05) is 48.5 Å². The van der Waals surface area contributed by atoms with E-state index in [1.807, 2.05) is 92.4 Å². The molecule has 6 rings (SSSR count). The zero-order valence-electron chi connectivity index (χ0n) is 30.7. The van der Waals surface area contributed by atoms with Crippen LogP contribution in [0, 0.1) is 6.92 Å². The highest BCUT2D eigenvalue weighted by Crippen LogP contribution is 2.30. The number of methoxy groups -OCH3 is 1. The summed E-state index contributed by atoms with van der Waals surface area (Å²) in [5, 5.41) is 9.45. The van der Waals surface area contributed by atoms with Crippen LogP contribution >= 0.6 is 0 Å². The Morgan fingerprint density at radius 3 is 2.40 bits per heavy atom. The monoisotopic (exact) mass is 707 g/mol. The number of para-hydroxylation sites is 2. The molecule has 12 nitrogen and oxygen atoms in total. The highest BCUT2D eigenvalue weighted by atomic mass is 16.6. The Morgan fingerprint density at radius 1 is 1.02 bits per heavy atom. The average molecular weight is 708 g/mol. The van der Waals surface area contributed by atoms with Crippen LogP contribution in [0.5, 0.6) is 0 Å². The summed E-state index contributed by atoms with van der Waals surface area (Å²) in [7, 11) is 1.72. The van der Waals surface area contributed by atoms with Crippen LogP contribution in [0.1, 0.15) is 69.6 Å². The molecule has 0 radical (unpaired) electrons. The predicted octanol–water partition coefficient (Wildman–Crippen LogP) is 6.15. The molecule has 2 atom stereocenters. The Morgan fingerprint density at radius 2 is 1.73 bits per heavy atom. The third-order valence-electron chi connectivity index (χ3n) is 9.43. The van der Waals surface area contributed by atoms with Crippen molar-refractivity contribution in [3.8, 4) is 16.8 Å². The molecule has 1 fully saturated rings. The van der Waals surface area contributed by atoms with Gasteiger partial charge in [0.2, 0.25) is 5.91 Å². The molecular formula is C40H49N7O5. The van der Waals surface area contributed by atoms with Gasteiger partial charge in [-0.05, 0) is 94.3 Å². The predicted molar refractivity (Wildman–Crippen MR) is 201 cm³/mol. The van der Waals surface area contributed by atoms with Crippen LogP contribution in [-0.2, 0) is 27.2 Å². The molecule has 3 aromatic carbocycles. The lowest BCUT2D eigenvalue weighted by molar-refractivity contribution is -0.133. The van der Waals surface area contributed by atoms with Gasteiger partial charge in [0, 0.05) is 51.7 Å². The molecule has 3 heterocycles. The Labute approximate surface area is 304 Å². The highest BCUT2D eigenvalue weighted by Gasteiger charge is 2.30. The van der Waals surface area contributed by atoms with E-state index in [1.54, 1.807) is 14.0 Å². The molecule has 0 saturated carbocycles. The van der Waals surface area contributed by atoms with Crippen molar-refractivity contribution >= 4 is 23.0 Å². The summed E-state index contributed by atoms with van der Waals surface area (Å²) in [4.78, 5) is 46.1. The second kappa shape index (κ2) is 16.0. The number of fused-ring (bicyclic) bond motifs is 1. The fraction of sp³-hybridized carbons (Fsp3) is 0.425. The number of aromatic amines is 1. The minimum Gasteiger partial charge on any atom is -0.444 e. The van der Waals surface area contributed by atoms with Crippen LogP contribution in [0.15, 0.2) is 77.6 Å². The fourth-order valence-corrected chi connectivity index (χ4v) is 7.01. The van der Waals surface area contributed by atoms with E-state index >= 15 is 0 Å². The molecule has 1 aliphatic heterocycles. The lowest BCUT2D eigenvalue weighted by Gasteiger charge is -2.34. The van der Waals surface area contributed by atoms with Crippen molar-refractivity contribution in [2.24, 2.45) is 0 Å². The lowest BCUT2D eigenvalue weighted by atomic mass is 9.95. The number of hydrogen-bond donors (Lipinski definition) is 2. The number of aromatic nitrogens is 5. The molecule has 0 aliphatic carbocycles. The van der Waals surface area contributed by atoms with Crippen LogP contribution in [0.4, 0.5) is 4.79 Å². The van der Waals surface area contributed by atoms with Gasteiger partial charge in [0.25, 0.3) is 0 Å². The zero-order valence-corrected chi connectivity index (χ0v) is 30.7. The van der Waals surface area contributed by atoms with Crippen molar-refractivity contribution < 1.29 is 19.1 Å². The Balaban J connectivity index is 1.16. The summed E-state index contributed by atoms with van der Waals surface area (Å²) in [6.45, 7) is 9.95. The number of carbonyl (C=O) groups excluding carboxylic acids is 2. The zero-order chi connectivity index (χ0) is 36.8. The third kappa shape index (κ3) is 8.79. The van der Waals surface area contributed by atoms with Gasteiger partial charge < -0.3 is 24.3 Å². The van der Waals surface area contributed by atoms with Crippen molar-refractivity contribution in [1.82, 2.24) is 34.5 Å². The maximum absolute atomic E-state index is 14.0. The lowest BCUT2D eigenvalue weighted by Crippen LogP contribution is -2.46. The van der Waals surface area contributed by atoms with Gasteiger partial charge in [-0.15, -0.1) is 0 Å². The number of carbonyl (C=O) groups is 2. The van der Waals surface area contributed by atoms with Crippen LogP contribution in [0.25, 0.3) is 27.8 Å². The minimum absolute atomic E-state index is 0.00326. The Bertz CT molecular complexity index is 2040. The molecule has 52 heavy (non-hydrogen) atoms. The molecule has 0 spiro atoms. The maximum Gasteiger partial charge on any atom is 0.407 e. The summed E-state index contributed by atoms with van der Waals surface area (Å²) < 4.78 is 14.7. The number of benzene rings is 3. The third-order valence-corrected chi connectivity index (χ3v) is 9.43. The molecule has 5 aromatic rings. The number of hydrogen-bond acceptors (Lipinski definition) is 7. The van der Waals surface area contributed by atoms with Gasteiger partial charge in [-0.25, -0.2) is 24.2 Å². The van der Waals surface area contributed by atoms with Crippen LogP contribution < -0.4 is 11.0 Å².